The minimum Gasteiger partial charge on any atom is -0.341 e. The predicted octanol–water partition coefficient (Wildman–Crippen LogP) is 3.55. The first kappa shape index (κ1) is 14.5. The molecule has 0 aliphatic rings. The van der Waals surface area contributed by atoms with Crippen LogP contribution in [0.1, 0.15) is 5.56 Å². The smallest absolute Gasteiger partial charge is 0 e. The first-order valence-corrected chi connectivity index (χ1v) is 4.68. The summed E-state index contributed by atoms with van der Waals surface area (Å²) in [6.07, 6.45) is 0.834. The normalized spacial score (nSPS) is 8.07. The molecule has 1 heteroatoms. The van der Waals surface area contributed by atoms with Gasteiger partial charge in [-0.2, -0.15) is 42.3 Å². The van der Waals surface area contributed by atoms with E-state index in [9.17, 15) is 0 Å². The van der Waals surface area contributed by atoms with Gasteiger partial charge < -0.3 is 6.92 Å². The Hall–Kier alpha value is -0.456. The molecule has 0 bridgehead atoms. The maximum Gasteiger partial charge on any atom is 0 e. The summed E-state index contributed by atoms with van der Waals surface area (Å²) in [5.41, 5.74) is 1.17. The van der Waals surface area contributed by atoms with Crippen LogP contribution in [-0.2, 0) is 39.1 Å². The van der Waals surface area contributed by atoms with Gasteiger partial charge in [0.15, 0.2) is 0 Å². The minimum absolute atomic E-state index is 0. The Morgan fingerprint density at radius 2 is 1.40 bits per heavy atom. The van der Waals surface area contributed by atoms with Crippen LogP contribution in [0.5, 0.6) is 0 Å². The summed E-state index contributed by atoms with van der Waals surface area (Å²) in [6, 6.07) is 22.9. The first-order chi connectivity index (χ1) is 6.93. The van der Waals surface area contributed by atoms with E-state index in [2.05, 4.69) is 13.0 Å². The van der Waals surface area contributed by atoms with Crippen molar-refractivity contribution in [1.29, 1.82) is 0 Å². The largest absolute Gasteiger partial charge is 0.341 e. The van der Waals surface area contributed by atoms with Gasteiger partial charge in [0.25, 0.3) is 0 Å². The molecule has 0 aromatic heterocycles. The maximum absolute atomic E-state index is 3.72. The van der Waals surface area contributed by atoms with E-state index < -0.39 is 0 Å². The first-order valence-electron chi connectivity index (χ1n) is 4.68. The van der Waals surface area contributed by atoms with Gasteiger partial charge in [-0.25, -0.2) is 0 Å². The summed E-state index contributed by atoms with van der Waals surface area (Å²) in [5, 5.41) is 0. The topological polar surface area (TPSA) is 0 Å². The van der Waals surface area contributed by atoms with Gasteiger partial charge in [0.1, 0.15) is 0 Å². The molecule has 0 aliphatic heterocycles. The molecule has 1 radical (unpaired) electrons. The van der Waals surface area contributed by atoms with Crippen LogP contribution in [0.4, 0.5) is 0 Å². The van der Waals surface area contributed by atoms with Crippen LogP contribution >= 0.6 is 0 Å². The predicted molar refractivity (Wildman–Crippen MR) is 60.8 cm³/mol. The Morgan fingerprint density at radius 3 is 1.67 bits per heavy atom. The van der Waals surface area contributed by atoms with Crippen LogP contribution in [0.25, 0.3) is 0 Å². The Labute approximate surface area is 118 Å². The molecule has 0 unspecified atom stereocenters. The molecule has 2 aromatic rings. The van der Waals surface area contributed by atoms with Crippen molar-refractivity contribution >= 4 is 0 Å². The van der Waals surface area contributed by atoms with E-state index in [0.717, 1.165) is 6.42 Å². The Bertz CT molecular complexity index is 289. The molecule has 75 valence electrons. The van der Waals surface area contributed by atoms with Crippen LogP contribution in [-0.4, -0.2) is 0 Å². The van der Waals surface area contributed by atoms with E-state index in [1.54, 1.807) is 0 Å². The van der Waals surface area contributed by atoms with Crippen LogP contribution in [0, 0.1) is 13.0 Å². The van der Waals surface area contributed by atoms with Crippen molar-refractivity contribution in [3.05, 3.63) is 79.2 Å². The number of hydrogen-bond donors (Lipinski definition) is 0. The molecule has 0 spiro atoms. The van der Waals surface area contributed by atoms with E-state index in [1.807, 2.05) is 60.7 Å². The molecule has 0 nitrogen and oxygen atoms in total. The molecule has 2 rings (SSSR count). The quantitative estimate of drug-likeness (QED) is 0.696. The third kappa shape index (κ3) is 7.47. The van der Waals surface area contributed by atoms with E-state index in [0.29, 0.717) is 0 Å². The molecule has 0 fully saturated rings. The zero-order valence-electron chi connectivity index (χ0n) is 8.77. The monoisotopic (exact) mass is 271 g/mol. The van der Waals surface area contributed by atoms with E-state index in [-0.39, 0.29) is 32.7 Å². The van der Waals surface area contributed by atoms with Gasteiger partial charge in [0.05, 0.1) is 0 Å². The van der Waals surface area contributed by atoms with Crippen molar-refractivity contribution in [2.24, 2.45) is 0 Å². The molecule has 15 heavy (non-hydrogen) atoms. The fourth-order valence-electron chi connectivity index (χ4n) is 0.971. The SMILES string of the molecule is [CH2-]Cc1[c-]cccc1.[Y].c1ccccc1. The van der Waals surface area contributed by atoms with E-state index in [1.165, 1.54) is 5.56 Å². The average molecular weight is 271 g/mol. The van der Waals surface area contributed by atoms with Gasteiger partial charge in [-0.3, -0.25) is 0 Å². The van der Waals surface area contributed by atoms with Gasteiger partial charge >= 0.3 is 0 Å². The molecular weight excluding hydrogens is 257 g/mol. The number of benzene rings is 2. The van der Waals surface area contributed by atoms with Crippen LogP contribution in [0.15, 0.2) is 60.7 Å². The van der Waals surface area contributed by atoms with Crippen molar-refractivity contribution < 1.29 is 32.7 Å². The Balaban J connectivity index is 0.000000253. The number of hydrogen-bond acceptors (Lipinski definition) is 0. The zero-order chi connectivity index (χ0) is 10.1. The molecule has 2 aromatic carbocycles. The van der Waals surface area contributed by atoms with Gasteiger partial charge in [-0.05, 0) is 0 Å². The molecule has 0 saturated heterocycles. The Morgan fingerprint density at radius 1 is 0.867 bits per heavy atom. The summed E-state index contributed by atoms with van der Waals surface area (Å²) < 4.78 is 0. The minimum atomic E-state index is 0. The second kappa shape index (κ2) is 10.1. The maximum atomic E-state index is 3.72. The molecule has 0 heterocycles. The van der Waals surface area contributed by atoms with E-state index >= 15 is 0 Å². The summed E-state index contributed by atoms with van der Waals surface area (Å²) in [7, 11) is 0. The van der Waals surface area contributed by atoms with Crippen LogP contribution in [0.3, 0.4) is 0 Å². The van der Waals surface area contributed by atoms with Crippen molar-refractivity contribution in [2.45, 2.75) is 6.42 Å². The average Bonchev–Trinajstić information content (AvgIpc) is 2.33. The van der Waals surface area contributed by atoms with Crippen molar-refractivity contribution in [1.82, 2.24) is 0 Å². The fourth-order valence-corrected chi connectivity index (χ4v) is 0.971. The van der Waals surface area contributed by atoms with Gasteiger partial charge in [-0.1, -0.05) is 36.4 Å². The molecular formula is C14H14Y-2. The molecule has 0 N–H and O–H groups in total. The van der Waals surface area contributed by atoms with Crippen molar-refractivity contribution in [3.63, 3.8) is 0 Å². The zero-order valence-corrected chi connectivity index (χ0v) is 11.6. The molecule has 0 saturated carbocycles. The van der Waals surface area contributed by atoms with Crippen LogP contribution < -0.4 is 0 Å². The standard InChI is InChI=1S/C8H8.C6H6.Y/c1-2-8-6-4-3-5-7-8;1-2-4-6-5-3-1;/h3-6H,1-2H2;1-6H;/q-2;;. The third-order valence-electron chi connectivity index (χ3n) is 1.71. The van der Waals surface area contributed by atoms with E-state index in [4.69, 9.17) is 0 Å². The fraction of sp³-hybridized carbons (Fsp3) is 0.0714. The molecule has 0 atom stereocenters. The van der Waals surface area contributed by atoms with Gasteiger partial charge in [0.2, 0.25) is 0 Å². The number of rotatable bonds is 1. The third-order valence-corrected chi connectivity index (χ3v) is 1.71. The molecule has 0 amide bonds. The summed E-state index contributed by atoms with van der Waals surface area (Å²) in [5.74, 6) is 0. The van der Waals surface area contributed by atoms with Gasteiger partial charge in [-0.15, -0.1) is 0 Å². The van der Waals surface area contributed by atoms with Crippen molar-refractivity contribution in [2.75, 3.05) is 0 Å². The summed E-state index contributed by atoms with van der Waals surface area (Å²) in [6.45, 7) is 3.72. The van der Waals surface area contributed by atoms with Crippen LogP contribution in [0.2, 0.25) is 0 Å². The summed E-state index contributed by atoms with van der Waals surface area (Å²) >= 11 is 0. The molecule has 0 aliphatic carbocycles. The second-order valence-corrected chi connectivity index (χ2v) is 2.79. The van der Waals surface area contributed by atoms with Gasteiger partial charge in [0, 0.05) is 32.7 Å². The van der Waals surface area contributed by atoms with Crippen molar-refractivity contribution in [3.8, 4) is 0 Å². The summed E-state index contributed by atoms with van der Waals surface area (Å²) in [4.78, 5) is 0. The second-order valence-electron chi connectivity index (χ2n) is 2.79. The Kier molecular flexibility index (Phi) is 9.77.